The van der Waals surface area contributed by atoms with Crippen molar-refractivity contribution in [2.75, 3.05) is 26.4 Å². The summed E-state index contributed by atoms with van der Waals surface area (Å²) in [7, 11) is 0. The lowest BCUT2D eigenvalue weighted by molar-refractivity contribution is -0.116. The summed E-state index contributed by atoms with van der Waals surface area (Å²) in [6.45, 7) is 16.1. The van der Waals surface area contributed by atoms with Crippen LogP contribution in [0.3, 0.4) is 0 Å². The van der Waals surface area contributed by atoms with Gasteiger partial charge in [-0.05, 0) is 51.9 Å². The molecule has 0 amide bonds. The van der Waals surface area contributed by atoms with Gasteiger partial charge in [0.05, 0.1) is 24.4 Å². The smallest absolute Gasteiger partial charge is 0.0707 e. The first-order valence-electron chi connectivity index (χ1n) is 9.11. The molecule has 0 aromatic carbocycles. The van der Waals surface area contributed by atoms with E-state index in [0.717, 1.165) is 25.6 Å². The van der Waals surface area contributed by atoms with Gasteiger partial charge in [-0.15, -0.1) is 0 Å². The molecule has 0 bridgehead atoms. The van der Waals surface area contributed by atoms with Crippen LogP contribution in [0.4, 0.5) is 0 Å². The zero-order valence-electron chi connectivity index (χ0n) is 15.7. The summed E-state index contributed by atoms with van der Waals surface area (Å²) in [5, 5.41) is 0. The van der Waals surface area contributed by atoms with Crippen LogP contribution in [0.1, 0.15) is 73.6 Å². The Labute approximate surface area is 138 Å². The van der Waals surface area contributed by atoms with Crippen LogP contribution in [-0.2, 0) is 14.2 Å². The van der Waals surface area contributed by atoms with Crippen LogP contribution in [0.5, 0.6) is 0 Å². The van der Waals surface area contributed by atoms with Gasteiger partial charge in [-0.3, -0.25) is 0 Å². The second-order valence-electron chi connectivity index (χ2n) is 8.20. The fourth-order valence-electron chi connectivity index (χ4n) is 3.31. The summed E-state index contributed by atoms with van der Waals surface area (Å²) >= 11 is 0. The highest BCUT2D eigenvalue weighted by Gasteiger charge is 2.38. The summed E-state index contributed by atoms with van der Waals surface area (Å²) < 4.78 is 17.6. The first kappa shape index (κ1) is 19.9. The summed E-state index contributed by atoms with van der Waals surface area (Å²) in [6.07, 6.45) is 6.06. The molecule has 0 saturated heterocycles. The maximum atomic E-state index is 6.35. The van der Waals surface area contributed by atoms with Crippen molar-refractivity contribution in [1.82, 2.24) is 0 Å². The van der Waals surface area contributed by atoms with Crippen LogP contribution in [-0.4, -0.2) is 37.6 Å². The van der Waals surface area contributed by atoms with Gasteiger partial charge in [0, 0.05) is 13.2 Å². The van der Waals surface area contributed by atoms with Crippen molar-refractivity contribution in [3.63, 3.8) is 0 Å². The van der Waals surface area contributed by atoms with Gasteiger partial charge >= 0.3 is 0 Å². The molecule has 2 unspecified atom stereocenters. The maximum Gasteiger partial charge on any atom is 0.0707 e. The lowest BCUT2D eigenvalue weighted by Gasteiger charge is -2.43. The molecule has 0 aromatic rings. The molecule has 1 fully saturated rings. The van der Waals surface area contributed by atoms with E-state index >= 15 is 0 Å². The normalized spacial score (nSPS) is 26.6. The molecule has 0 heterocycles. The molecule has 3 nitrogen and oxygen atoms in total. The molecule has 1 aliphatic rings. The molecular formula is C19H38O3. The fourth-order valence-corrected chi connectivity index (χ4v) is 3.31. The zero-order valence-corrected chi connectivity index (χ0v) is 15.7. The van der Waals surface area contributed by atoms with Gasteiger partial charge in [0.2, 0.25) is 0 Å². The van der Waals surface area contributed by atoms with Gasteiger partial charge < -0.3 is 14.2 Å². The minimum Gasteiger partial charge on any atom is -0.379 e. The van der Waals surface area contributed by atoms with E-state index in [9.17, 15) is 0 Å². The number of hydrogen-bond donors (Lipinski definition) is 0. The second kappa shape index (κ2) is 9.24. The van der Waals surface area contributed by atoms with Gasteiger partial charge in [0.15, 0.2) is 0 Å². The standard InChI is InChI=1S/C19H38O3/c1-16(2)19(10-7-9-17(3)15-19)22-12-8-11-20-13-14-21-18(4,5)6/h16-17H,7-15H2,1-6H3. The molecule has 2 atom stereocenters. The van der Waals surface area contributed by atoms with Crippen molar-refractivity contribution in [2.24, 2.45) is 11.8 Å². The molecule has 0 aliphatic heterocycles. The Balaban J connectivity index is 2.14. The molecule has 1 saturated carbocycles. The third-order valence-corrected chi connectivity index (χ3v) is 4.63. The molecular weight excluding hydrogens is 276 g/mol. The second-order valence-corrected chi connectivity index (χ2v) is 8.20. The van der Waals surface area contributed by atoms with E-state index in [2.05, 4.69) is 41.5 Å². The topological polar surface area (TPSA) is 27.7 Å². The molecule has 1 rings (SSSR count). The van der Waals surface area contributed by atoms with Gasteiger partial charge in [-0.25, -0.2) is 0 Å². The van der Waals surface area contributed by atoms with Crippen molar-refractivity contribution in [1.29, 1.82) is 0 Å². The lowest BCUT2D eigenvalue weighted by atomic mass is 9.73. The van der Waals surface area contributed by atoms with Gasteiger partial charge in [-0.1, -0.05) is 33.6 Å². The largest absolute Gasteiger partial charge is 0.379 e. The average Bonchev–Trinajstić information content (AvgIpc) is 2.40. The van der Waals surface area contributed by atoms with Crippen molar-refractivity contribution < 1.29 is 14.2 Å². The highest BCUT2D eigenvalue weighted by atomic mass is 16.5. The van der Waals surface area contributed by atoms with Gasteiger partial charge in [0.25, 0.3) is 0 Å². The van der Waals surface area contributed by atoms with Gasteiger partial charge in [0.1, 0.15) is 0 Å². The predicted molar refractivity (Wildman–Crippen MR) is 92.3 cm³/mol. The molecule has 1 aliphatic carbocycles. The Morgan fingerprint density at radius 3 is 2.41 bits per heavy atom. The summed E-state index contributed by atoms with van der Waals surface area (Å²) in [6, 6.07) is 0. The summed E-state index contributed by atoms with van der Waals surface area (Å²) in [5.74, 6) is 1.39. The fraction of sp³-hybridized carbons (Fsp3) is 1.00. The molecule has 0 N–H and O–H groups in total. The van der Waals surface area contributed by atoms with Crippen LogP contribution in [0, 0.1) is 11.8 Å². The Hall–Kier alpha value is -0.120. The zero-order chi connectivity index (χ0) is 16.6. The summed E-state index contributed by atoms with van der Waals surface area (Å²) in [4.78, 5) is 0. The van der Waals surface area contributed by atoms with Crippen molar-refractivity contribution in [3.8, 4) is 0 Å². The Kier molecular flexibility index (Phi) is 8.37. The Morgan fingerprint density at radius 1 is 1.09 bits per heavy atom. The minimum atomic E-state index is -0.0756. The van der Waals surface area contributed by atoms with Crippen molar-refractivity contribution in [2.45, 2.75) is 84.8 Å². The summed E-state index contributed by atoms with van der Waals surface area (Å²) in [5.41, 5.74) is 0.0286. The number of rotatable bonds is 9. The van der Waals surface area contributed by atoms with E-state index in [1.165, 1.54) is 25.7 Å². The molecule has 3 heteroatoms. The van der Waals surface area contributed by atoms with Crippen LogP contribution in [0.25, 0.3) is 0 Å². The van der Waals surface area contributed by atoms with Crippen molar-refractivity contribution in [3.05, 3.63) is 0 Å². The Bertz CT molecular complexity index is 296. The van der Waals surface area contributed by atoms with E-state index in [-0.39, 0.29) is 11.2 Å². The van der Waals surface area contributed by atoms with Crippen molar-refractivity contribution >= 4 is 0 Å². The van der Waals surface area contributed by atoms with E-state index in [1.807, 2.05) is 0 Å². The van der Waals surface area contributed by atoms with E-state index in [0.29, 0.717) is 19.1 Å². The van der Waals surface area contributed by atoms with E-state index < -0.39 is 0 Å². The number of ether oxygens (including phenoxy) is 3. The molecule has 0 aromatic heterocycles. The monoisotopic (exact) mass is 314 g/mol. The van der Waals surface area contributed by atoms with Crippen LogP contribution in [0.2, 0.25) is 0 Å². The van der Waals surface area contributed by atoms with Crippen LogP contribution in [0.15, 0.2) is 0 Å². The highest BCUT2D eigenvalue weighted by Crippen LogP contribution is 2.40. The van der Waals surface area contributed by atoms with E-state index in [4.69, 9.17) is 14.2 Å². The Morgan fingerprint density at radius 2 is 1.82 bits per heavy atom. The SMILES string of the molecule is CC1CCCC(OCCCOCCOC(C)(C)C)(C(C)C)C1. The van der Waals surface area contributed by atoms with Crippen LogP contribution < -0.4 is 0 Å². The molecule has 0 spiro atoms. The van der Waals surface area contributed by atoms with Crippen LogP contribution >= 0.6 is 0 Å². The lowest BCUT2D eigenvalue weighted by Crippen LogP contribution is -2.43. The third-order valence-electron chi connectivity index (χ3n) is 4.63. The number of hydrogen-bond acceptors (Lipinski definition) is 3. The quantitative estimate of drug-likeness (QED) is 0.571. The molecule has 0 radical (unpaired) electrons. The third kappa shape index (κ3) is 7.43. The predicted octanol–water partition coefficient (Wildman–Crippen LogP) is 4.83. The molecule has 132 valence electrons. The first-order chi connectivity index (χ1) is 10.3. The van der Waals surface area contributed by atoms with Gasteiger partial charge in [-0.2, -0.15) is 0 Å². The maximum absolute atomic E-state index is 6.35. The highest BCUT2D eigenvalue weighted by molar-refractivity contribution is 4.89. The average molecular weight is 315 g/mol. The van der Waals surface area contributed by atoms with E-state index in [1.54, 1.807) is 0 Å². The first-order valence-corrected chi connectivity index (χ1v) is 9.11. The molecule has 22 heavy (non-hydrogen) atoms. The minimum absolute atomic E-state index is 0.0756.